The van der Waals surface area contributed by atoms with Crippen LogP contribution in [0.15, 0.2) is 0 Å². The summed E-state index contributed by atoms with van der Waals surface area (Å²) in [5.41, 5.74) is 0. The van der Waals surface area contributed by atoms with Crippen molar-refractivity contribution in [3.8, 4) is 0 Å². The number of hydrogen-bond acceptors (Lipinski definition) is 2. The molecule has 0 heterocycles. The van der Waals surface area contributed by atoms with Crippen molar-refractivity contribution in [2.24, 2.45) is 0 Å². The van der Waals surface area contributed by atoms with Crippen LogP contribution in [0, 0.1) is 0 Å². The molecule has 6 heteroatoms. The largest absolute Gasteiger partial charge is 0.412 e. The van der Waals surface area contributed by atoms with Gasteiger partial charge < -0.3 is 9.42 Å². The number of hydrogen-bond donors (Lipinski definition) is 1. The summed E-state index contributed by atoms with van der Waals surface area (Å²) < 4.78 is 36.7. The van der Waals surface area contributed by atoms with Gasteiger partial charge in [-0.15, -0.1) is 0 Å². The van der Waals surface area contributed by atoms with Crippen LogP contribution in [0.3, 0.4) is 0 Å². The summed E-state index contributed by atoms with van der Waals surface area (Å²) in [6, 6.07) is 0. The van der Waals surface area contributed by atoms with Gasteiger partial charge in [0.2, 0.25) is 0 Å². The van der Waals surface area contributed by atoms with E-state index in [1.54, 1.807) is 0 Å². The second-order valence-electron chi connectivity index (χ2n) is 0.995. The first-order chi connectivity index (χ1) is 3.56. The predicted octanol–water partition coefficient (Wildman–Crippen LogP) is 1.07. The Morgan fingerprint density at radius 1 is 1.50 bits per heavy atom. The molecule has 0 saturated heterocycles. The molecule has 1 atom stereocenters. The minimum absolute atomic E-state index is 1.09. The zero-order chi connectivity index (χ0) is 6.62. The average molecular weight is 148 g/mol. The minimum Gasteiger partial charge on any atom is -0.352 e. The van der Waals surface area contributed by atoms with E-state index in [4.69, 9.17) is 4.89 Å². The first kappa shape index (κ1) is 8.14. The van der Waals surface area contributed by atoms with Gasteiger partial charge in [0.05, 0.1) is 0 Å². The van der Waals surface area contributed by atoms with Crippen molar-refractivity contribution in [3.63, 3.8) is 0 Å². The van der Waals surface area contributed by atoms with Gasteiger partial charge in [0.1, 0.15) is 6.61 Å². The number of rotatable bonds is 2. The maximum Gasteiger partial charge on any atom is 0.412 e. The zero-order valence-electron chi connectivity index (χ0n) is 3.70. The van der Waals surface area contributed by atoms with Gasteiger partial charge in [-0.05, 0) is 0 Å². The maximum absolute atomic E-state index is 11.0. The van der Waals surface area contributed by atoms with Gasteiger partial charge in [0, 0.05) is 0 Å². The lowest BCUT2D eigenvalue weighted by molar-refractivity contribution is -0.152. The molecule has 0 radical (unpaired) electrons. The van der Waals surface area contributed by atoms with Crippen LogP contribution in [0.4, 0.5) is 13.2 Å². The van der Waals surface area contributed by atoms with Gasteiger partial charge in [-0.1, -0.05) is 0 Å². The van der Waals surface area contributed by atoms with E-state index in [9.17, 15) is 13.2 Å². The van der Waals surface area contributed by atoms with E-state index in [1.807, 2.05) is 0 Å². The molecule has 0 bridgehead atoms. The molecule has 0 aromatic rings. The van der Waals surface area contributed by atoms with Crippen molar-refractivity contribution < 1.29 is 22.6 Å². The fraction of sp³-hybridized carbons (Fsp3) is 1.00. The Morgan fingerprint density at radius 2 is 2.00 bits per heavy atom. The Hall–Kier alpha value is 0.140. The number of alkyl halides is 3. The lowest BCUT2D eigenvalue weighted by Crippen LogP contribution is -2.13. The van der Waals surface area contributed by atoms with Crippen molar-refractivity contribution in [1.82, 2.24) is 0 Å². The Labute approximate surface area is 45.6 Å². The summed E-state index contributed by atoms with van der Waals surface area (Å²) in [7, 11) is -1.09. The van der Waals surface area contributed by atoms with Crippen molar-refractivity contribution in [2.75, 3.05) is 6.61 Å². The summed E-state index contributed by atoms with van der Waals surface area (Å²) in [5.74, 6) is 0. The quantitative estimate of drug-likeness (QED) is 0.593. The summed E-state index contributed by atoms with van der Waals surface area (Å²) in [4.78, 5) is 7.74. The van der Waals surface area contributed by atoms with Crippen molar-refractivity contribution in [1.29, 1.82) is 0 Å². The van der Waals surface area contributed by atoms with Gasteiger partial charge in [-0.2, -0.15) is 13.2 Å². The van der Waals surface area contributed by atoms with Crippen LogP contribution in [-0.4, -0.2) is 17.7 Å². The molecule has 1 N–H and O–H groups in total. The molecule has 0 fully saturated rings. The van der Waals surface area contributed by atoms with E-state index in [2.05, 4.69) is 4.52 Å². The second-order valence-corrected chi connectivity index (χ2v) is 1.47. The highest BCUT2D eigenvalue weighted by Crippen LogP contribution is 2.18. The van der Waals surface area contributed by atoms with Crippen molar-refractivity contribution >= 4 is 9.03 Å². The molecule has 0 aliphatic rings. The molecule has 0 rings (SSSR count). The highest BCUT2D eigenvalue weighted by atomic mass is 31.1. The molecular formula is C2H4F3O2P. The van der Waals surface area contributed by atoms with E-state index in [-0.39, 0.29) is 0 Å². The molecule has 0 amide bonds. The van der Waals surface area contributed by atoms with E-state index < -0.39 is 21.8 Å². The maximum atomic E-state index is 11.0. The summed E-state index contributed by atoms with van der Waals surface area (Å²) >= 11 is 0. The van der Waals surface area contributed by atoms with E-state index in [1.165, 1.54) is 0 Å². The van der Waals surface area contributed by atoms with Crippen molar-refractivity contribution in [2.45, 2.75) is 6.18 Å². The third-order valence-corrected chi connectivity index (χ3v) is 0.574. The molecule has 0 aromatic heterocycles. The van der Waals surface area contributed by atoms with Gasteiger partial charge in [0.15, 0.2) is 9.03 Å². The average Bonchev–Trinajstić information content (AvgIpc) is 1.59. The molecule has 8 heavy (non-hydrogen) atoms. The standard InChI is InChI=1S/C2H4F3O2P/c3-2(4,5)1-7-8-6/h6,8H,1H2. The van der Waals surface area contributed by atoms with Gasteiger partial charge in [-0.3, -0.25) is 0 Å². The van der Waals surface area contributed by atoms with Crippen LogP contribution < -0.4 is 0 Å². The Balaban J connectivity index is 3.11. The molecule has 2 nitrogen and oxygen atoms in total. The summed E-state index contributed by atoms with van der Waals surface area (Å²) in [5, 5.41) is 0. The lowest BCUT2D eigenvalue weighted by Gasteiger charge is -2.02. The third-order valence-electron chi connectivity index (χ3n) is 0.300. The van der Waals surface area contributed by atoms with Crippen LogP contribution in [0.1, 0.15) is 0 Å². The fourth-order valence-electron chi connectivity index (χ4n) is 0.114. The second kappa shape index (κ2) is 3.22. The van der Waals surface area contributed by atoms with Crippen LogP contribution in [0.2, 0.25) is 0 Å². The molecule has 0 aromatic carbocycles. The van der Waals surface area contributed by atoms with Gasteiger partial charge in [-0.25, -0.2) is 0 Å². The van der Waals surface area contributed by atoms with E-state index in [0.29, 0.717) is 0 Å². The molecule has 1 unspecified atom stereocenters. The predicted molar refractivity (Wildman–Crippen MR) is 22.5 cm³/mol. The number of halogens is 3. The van der Waals surface area contributed by atoms with Gasteiger partial charge >= 0.3 is 6.18 Å². The third kappa shape index (κ3) is 6.14. The zero-order valence-corrected chi connectivity index (χ0v) is 4.70. The Morgan fingerprint density at radius 3 is 2.12 bits per heavy atom. The van der Waals surface area contributed by atoms with Crippen molar-refractivity contribution in [3.05, 3.63) is 0 Å². The first-order valence-corrected chi connectivity index (χ1v) is 2.49. The molecule has 0 spiro atoms. The fourth-order valence-corrected chi connectivity index (χ4v) is 0.342. The smallest absolute Gasteiger partial charge is 0.352 e. The Bertz CT molecular complexity index is 62.8. The topological polar surface area (TPSA) is 29.5 Å². The normalized spacial score (nSPS) is 13.5. The molecule has 0 saturated carbocycles. The lowest BCUT2D eigenvalue weighted by atomic mass is 10.7. The molecule has 0 aliphatic carbocycles. The van der Waals surface area contributed by atoms with E-state index in [0.717, 1.165) is 0 Å². The van der Waals surface area contributed by atoms with Crippen LogP contribution in [-0.2, 0) is 4.52 Å². The van der Waals surface area contributed by atoms with Crippen LogP contribution in [0.25, 0.3) is 0 Å². The highest BCUT2D eigenvalue weighted by Gasteiger charge is 2.27. The van der Waals surface area contributed by atoms with Crippen LogP contribution >= 0.6 is 9.03 Å². The molecule has 0 aliphatic heterocycles. The summed E-state index contributed by atoms with van der Waals surface area (Å²) in [6.07, 6.45) is -4.32. The highest BCUT2D eigenvalue weighted by molar-refractivity contribution is 7.24. The monoisotopic (exact) mass is 148 g/mol. The minimum atomic E-state index is -4.32. The summed E-state index contributed by atoms with van der Waals surface area (Å²) in [6.45, 7) is -1.37. The van der Waals surface area contributed by atoms with Crippen LogP contribution in [0.5, 0.6) is 0 Å². The van der Waals surface area contributed by atoms with E-state index >= 15 is 0 Å². The first-order valence-electron chi connectivity index (χ1n) is 1.64. The SMILES string of the molecule is OPOCC(F)(F)F. The molecule has 50 valence electrons. The molecular weight excluding hydrogens is 144 g/mol. The Kier molecular flexibility index (Phi) is 3.28. The van der Waals surface area contributed by atoms with Gasteiger partial charge in [0.25, 0.3) is 0 Å².